The van der Waals surface area contributed by atoms with Crippen LogP contribution in [-0.4, -0.2) is 35.3 Å². The monoisotopic (exact) mass is 370 g/mol. The van der Waals surface area contributed by atoms with E-state index < -0.39 is 0 Å². The lowest BCUT2D eigenvalue weighted by atomic mass is 10.2. The van der Waals surface area contributed by atoms with Crippen molar-refractivity contribution in [1.29, 1.82) is 0 Å². The van der Waals surface area contributed by atoms with Crippen LogP contribution < -0.4 is 9.64 Å². The van der Waals surface area contributed by atoms with Crippen LogP contribution in [0.15, 0.2) is 54.7 Å². The molecule has 1 aliphatic rings. The second-order valence-electron chi connectivity index (χ2n) is 6.05. The van der Waals surface area contributed by atoms with Crippen molar-refractivity contribution >= 4 is 17.3 Å². The Morgan fingerprint density at radius 1 is 1.19 bits per heavy atom. The number of hydrogen-bond donors (Lipinski definition) is 0. The lowest BCUT2D eigenvalue weighted by molar-refractivity contribution is 0.110. The molecule has 26 heavy (non-hydrogen) atoms. The Kier molecular flexibility index (Phi) is 4.77. The van der Waals surface area contributed by atoms with Gasteiger partial charge in [-0.25, -0.2) is 4.68 Å². The van der Waals surface area contributed by atoms with Crippen molar-refractivity contribution in [3.63, 3.8) is 0 Å². The van der Waals surface area contributed by atoms with Crippen molar-refractivity contribution in [2.24, 2.45) is 0 Å². The highest BCUT2D eigenvalue weighted by Gasteiger charge is 2.29. The van der Waals surface area contributed by atoms with Gasteiger partial charge < -0.3 is 14.4 Å². The van der Waals surface area contributed by atoms with E-state index in [1.807, 2.05) is 54.7 Å². The second kappa shape index (κ2) is 7.35. The predicted molar refractivity (Wildman–Crippen MR) is 99.6 cm³/mol. The van der Waals surface area contributed by atoms with E-state index in [4.69, 9.17) is 21.1 Å². The van der Waals surface area contributed by atoms with E-state index in [1.54, 1.807) is 11.8 Å². The predicted octanol–water partition coefficient (Wildman–Crippen LogP) is 3.52. The van der Waals surface area contributed by atoms with E-state index in [-0.39, 0.29) is 6.23 Å². The maximum absolute atomic E-state index is 6.23. The standard InChI is InChI=1S/C19H19ClN4O2/c1-25-16-8-6-15(7-9-16)24-10-11-26-19(24)18-13-23(22-21-18)12-14-4-2-3-5-17(14)20/h2-9,13,19H,10-12H2,1H3/t19-/m1/s1. The van der Waals surface area contributed by atoms with E-state index in [2.05, 4.69) is 15.2 Å². The summed E-state index contributed by atoms with van der Waals surface area (Å²) < 4.78 is 12.9. The van der Waals surface area contributed by atoms with Crippen LogP contribution in [0.2, 0.25) is 5.02 Å². The second-order valence-corrected chi connectivity index (χ2v) is 6.45. The third-order valence-electron chi connectivity index (χ3n) is 4.39. The van der Waals surface area contributed by atoms with Crippen LogP contribution in [0.3, 0.4) is 0 Å². The summed E-state index contributed by atoms with van der Waals surface area (Å²) in [5.74, 6) is 0.830. The molecule has 0 N–H and O–H groups in total. The minimum atomic E-state index is -0.247. The molecular formula is C19H19ClN4O2. The van der Waals surface area contributed by atoms with Gasteiger partial charge in [0, 0.05) is 17.3 Å². The van der Waals surface area contributed by atoms with E-state index in [9.17, 15) is 0 Å². The van der Waals surface area contributed by atoms with Gasteiger partial charge in [-0.1, -0.05) is 35.0 Å². The SMILES string of the molecule is COc1ccc(N2CCO[C@@H]2c2cn(Cc3ccccc3Cl)nn2)cc1. The van der Waals surface area contributed by atoms with E-state index in [0.29, 0.717) is 13.2 Å². The minimum absolute atomic E-state index is 0.247. The van der Waals surface area contributed by atoms with Crippen LogP contribution in [0.1, 0.15) is 17.5 Å². The number of nitrogens with zero attached hydrogens (tertiary/aromatic N) is 4. The summed E-state index contributed by atoms with van der Waals surface area (Å²) in [4.78, 5) is 2.17. The highest BCUT2D eigenvalue weighted by Crippen LogP contribution is 2.32. The molecule has 0 aliphatic carbocycles. The molecule has 1 aliphatic heterocycles. The van der Waals surface area contributed by atoms with Gasteiger partial charge in [0.15, 0.2) is 6.23 Å². The summed E-state index contributed by atoms with van der Waals surface area (Å²) in [5, 5.41) is 9.27. The summed E-state index contributed by atoms with van der Waals surface area (Å²) in [6, 6.07) is 15.7. The molecule has 0 radical (unpaired) electrons. The maximum Gasteiger partial charge on any atom is 0.177 e. The van der Waals surface area contributed by atoms with E-state index in [1.165, 1.54) is 0 Å². The number of hydrogen-bond acceptors (Lipinski definition) is 5. The summed E-state index contributed by atoms with van der Waals surface area (Å²) >= 11 is 6.23. The molecule has 1 atom stereocenters. The van der Waals surface area contributed by atoms with Crippen LogP contribution in [0, 0.1) is 0 Å². The van der Waals surface area contributed by atoms with Gasteiger partial charge in [-0.15, -0.1) is 5.10 Å². The molecule has 3 aromatic rings. The first kappa shape index (κ1) is 16.9. The van der Waals surface area contributed by atoms with Gasteiger partial charge in [-0.05, 0) is 35.9 Å². The number of rotatable bonds is 5. The minimum Gasteiger partial charge on any atom is -0.497 e. The van der Waals surface area contributed by atoms with Crippen molar-refractivity contribution < 1.29 is 9.47 Å². The fourth-order valence-electron chi connectivity index (χ4n) is 3.06. The fourth-order valence-corrected chi connectivity index (χ4v) is 3.25. The van der Waals surface area contributed by atoms with Crippen molar-refractivity contribution in [2.75, 3.05) is 25.2 Å². The Morgan fingerprint density at radius 2 is 2.00 bits per heavy atom. The zero-order valence-electron chi connectivity index (χ0n) is 14.4. The molecule has 0 bridgehead atoms. The topological polar surface area (TPSA) is 52.4 Å². The molecule has 2 aromatic carbocycles. The van der Waals surface area contributed by atoms with Crippen molar-refractivity contribution in [3.8, 4) is 5.75 Å². The van der Waals surface area contributed by atoms with E-state index >= 15 is 0 Å². The van der Waals surface area contributed by atoms with Crippen LogP contribution >= 0.6 is 11.6 Å². The van der Waals surface area contributed by atoms with Gasteiger partial charge in [0.1, 0.15) is 11.4 Å². The Hall–Kier alpha value is -2.57. The average Bonchev–Trinajstić information content (AvgIpc) is 3.33. The lowest BCUT2D eigenvalue weighted by Gasteiger charge is -2.23. The number of benzene rings is 2. The molecule has 134 valence electrons. The van der Waals surface area contributed by atoms with Crippen molar-refractivity contribution in [2.45, 2.75) is 12.8 Å². The molecule has 1 saturated heterocycles. The molecule has 7 heteroatoms. The van der Waals surface area contributed by atoms with Gasteiger partial charge in [-0.2, -0.15) is 0 Å². The summed E-state index contributed by atoms with van der Waals surface area (Å²) in [6.07, 6.45) is 1.67. The smallest absolute Gasteiger partial charge is 0.177 e. The lowest BCUT2D eigenvalue weighted by Crippen LogP contribution is -2.23. The van der Waals surface area contributed by atoms with Gasteiger partial charge in [0.25, 0.3) is 0 Å². The van der Waals surface area contributed by atoms with Gasteiger partial charge >= 0.3 is 0 Å². The largest absolute Gasteiger partial charge is 0.497 e. The highest BCUT2D eigenvalue weighted by atomic mass is 35.5. The number of methoxy groups -OCH3 is 1. The zero-order chi connectivity index (χ0) is 17.9. The average molecular weight is 371 g/mol. The molecule has 4 rings (SSSR count). The Labute approximate surface area is 156 Å². The summed E-state index contributed by atoms with van der Waals surface area (Å²) in [5.41, 5.74) is 2.85. The van der Waals surface area contributed by atoms with Crippen molar-refractivity contribution in [1.82, 2.24) is 15.0 Å². The zero-order valence-corrected chi connectivity index (χ0v) is 15.1. The first-order valence-corrected chi connectivity index (χ1v) is 8.78. The molecular weight excluding hydrogens is 352 g/mol. The van der Waals surface area contributed by atoms with Gasteiger partial charge in [0.05, 0.1) is 26.5 Å². The van der Waals surface area contributed by atoms with Crippen LogP contribution in [0.5, 0.6) is 5.75 Å². The molecule has 0 saturated carbocycles. The Bertz CT molecular complexity index is 881. The van der Waals surface area contributed by atoms with Crippen molar-refractivity contribution in [3.05, 3.63) is 71.0 Å². The Morgan fingerprint density at radius 3 is 2.77 bits per heavy atom. The molecule has 1 aromatic heterocycles. The molecule has 6 nitrogen and oxygen atoms in total. The molecule has 1 fully saturated rings. The van der Waals surface area contributed by atoms with E-state index in [0.717, 1.165) is 34.3 Å². The third kappa shape index (κ3) is 3.38. The maximum atomic E-state index is 6.23. The molecule has 0 spiro atoms. The summed E-state index contributed by atoms with van der Waals surface area (Å²) in [7, 11) is 1.66. The fraction of sp³-hybridized carbons (Fsp3) is 0.263. The first-order valence-electron chi connectivity index (χ1n) is 8.40. The number of anilines is 1. The summed E-state index contributed by atoms with van der Waals surface area (Å²) in [6.45, 7) is 2.02. The third-order valence-corrected chi connectivity index (χ3v) is 4.76. The quantitative estimate of drug-likeness (QED) is 0.687. The highest BCUT2D eigenvalue weighted by molar-refractivity contribution is 6.31. The van der Waals surface area contributed by atoms with Crippen LogP contribution in [0.4, 0.5) is 5.69 Å². The van der Waals surface area contributed by atoms with Gasteiger partial charge in [-0.3, -0.25) is 0 Å². The molecule has 0 amide bonds. The first-order chi connectivity index (χ1) is 12.7. The van der Waals surface area contributed by atoms with Crippen LogP contribution in [-0.2, 0) is 11.3 Å². The number of ether oxygens (including phenoxy) is 2. The Balaban J connectivity index is 1.53. The normalized spacial score (nSPS) is 16.8. The van der Waals surface area contributed by atoms with Crippen LogP contribution in [0.25, 0.3) is 0 Å². The molecule has 0 unspecified atom stereocenters. The number of aromatic nitrogens is 3. The molecule has 2 heterocycles. The van der Waals surface area contributed by atoms with Gasteiger partial charge in [0.2, 0.25) is 0 Å². The number of halogens is 1.